The van der Waals surface area contributed by atoms with Crippen molar-refractivity contribution in [1.29, 1.82) is 0 Å². The van der Waals surface area contributed by atoms with E-state index < -0.39 is 0 Å². The van der Waals surface area contributed by atoms with Crippen molar-refractivity contribution in [3.63, 3.8) is 0 Å². The first-order valence-corrected chi connectivity index (χ1v) is 4.88. The van der Waals surface area contributed by atoms with E-state index in [9.17, 15) is 4.79 Å². The van der Waals surface area contributed by atoms with Gasteiger partial charge in [0.1, 0.15) is 0 Å². The molecule has 5 heteroatoms. The first-order chi connectivity index (χ1) is 6.83. The van der Waals surface area contributed by atoms with Crippen LogP contribution in [-0.4, -0.2) is 29.2 Å². The van der Waals surface area contributed by atoms with E-state index in [-0.39, 0.29) is 5.91 Å². The molecule has 76 valence electrons. The molecule has 14 heavy (non-hydrogen) atoms. The SMILES string of the molecule is CCNC(=O)c1n[nH]c2c1CNCC2. The monoisotopic (exact) mass is 194 g/mol. The summed E-state index contributed by atoms with van der Waals surface area (Å²) in [5, 5.41) is 12.9. The van der Waals surface area contributed by atoms with Crippen molar-refractivity contribution in [1.82, 2.24) is 20.8 Å². The standard InChI is InChI=1S/C9H14N4O/c1-2-11-9(14)8-6-5-10-4-3-7(6)12-13-8/h10H,2-5H2,1H3,(H,11,14)(H,12,13). The average molecular weight is 194 g/mol. The predicted octanol–water partition coefficient (Wildman–Crippen LogP) is -0.195. The maximum absolute atomic E-state index is 11.6. The Kier molecular flexibility index (Phi) is 2.49. The van der Waals surface area contributed by atoms with Crippen LogP contribution >= 0.6 is 0 Å². The summed E-state index contributed by atoms with van der Waals surface area (Å²) in [6, 6.07) is 0. The van der Waals surface area contributed by atoms with Gasteiger partial charge in [0, 0.05) is 37.3 Å². The highest BCUT2D eigenvalue weighted by Gasteiger charge is 2.20. The van der Waals surface area contributed by atoms with Gasteiger partial charge >= 0.3 is 0 Å². The summed E-state index contributed by atoms with van der Waals surface area (Å²) in [5.41, 5.74) is 2.64. The van der Waals surface area contributed by atoms with Gasteiger partial charge in [-0.15, -0.1) is 0 Å². The van der Waals surface area contributed by atoms with Crippen LogP contribution in [0.4, 0.5) is 0 Å². The number of rotatable bonds is 2. The number of H-pyrrole nitrogens is 1. The van der Waals surface area contributed by atoms with Gasteiger partial charge in [-0.25, -0.2) is 0 Å². The number of carbonyl (C=O) groups is 1. The first-order valence-electron chi connectivity index (χ1n) is 4.88. The van der Waals surface area contributed by atoms with Gasteiger partial charge in [0.05, 0.1) is 0 Å². The quantitative estimate of drug-likeness (QED) is 0.611. The van der Waals surface area contributed by atoms with E-state index in [1.807, 2.05) is 6.92 Å². The molecule has 2 heterocycles. The lowest BCUT2D eigenvalue weighted by molar-refractivity contribution is 0.0949. The van der Waals surface area contributed by atoms with Gasteiger partial charge in [-0.1, -0.05) is 0 Å². The summed E-state index contributed by atoms with van der Waals surface area (Å²) in [4.78, 5) is 11.6. The zero-order valence-corrected chi connectivity index (χ0v) is 8.18. The number of carbonyl (C=O) groups excluding carboxylic acids is 1. The summed E-state index contributed by atoms with van der Waals surface area (Å²) >= 11 is 0. The Morgan fingerprint density at radius 2 is 2.50 bits per heavy atom. The molecular formula is C9H14N4O. The van der Waals surface area contributed by atoms with Crippen LogP contribution in [0.2, 0.25) is 0 Å². The van der Waals surface area contributed by atoms with Gasteiger partial charge in [-0.05, 0) is 6.92 Å². The van der Waals surface area contributed by atoms with E-state index in [2.05, 4.69) is 20.8 Å². The highest BCUT2D eigenvalue weighted by Crippen LogP contribution is 2.14. The molecule has 3 N–H and O–H groups in total. The average Bonchev–Trinajstić information content (AvgIpc) is 2.61. The van der Waals surface area contributed by atoms with Crippen molar-refractivity contribution in [2.24, 2.45) is 0 Å². The maximum Gasteiger partial charge on any atom is 0.272 e. The van der Waals surface area contributed by atoms with Gasteiger partial charge in [0.15, 0.2) is 5.69 Å². The Hall–Kier alpha value is -1.36. The minimum atomic E-state index is -0.0892. The molecule has 0 unspecified atom stereocenters. The molecule has 1 aromatic heterocycles. The largest absolute Gasteiger partial charge is 0.351 e. The maximum atomic E-state index is 11.6. The Morgan fingerprint density at radius 1 is 1.64 bits per heavy atom. The third-order valence-electron chi connectivity index (χ3n) is 2.36. The van der Waals surface area contributed by atoms with Crippen LogP contribution in [0.15, 0.2) is 0 Å². The smallest absolute Gasteiger partial charge is 0.272 e. The van der Waals surface area contributed by atoms with Crippen LogP contribution in [0, 0.1) is 0 Å². The molecule has 1 aliphatic rings. The van der Waals surface area contributed by atoms with Crippen molar-refractivity contribution < 1.29 is 4.79 Å². The molecule has 2 rings (SSSR count). The van der Waals surface area contributed by atoms with Gasteiger partial charge in [0.25, 0.3) is 5.91 Å². The molecule has 0 radical (unpaired) electrons. The highest BCUT2D eigenvalue weighted by atomic mass is 16.1. The predicted molar refractivity (Wildman–Crippen MR) is 52.0 cm³/mol. The summed E-state index contributed by atoms with van der Waals surface area (Å²) < 4.78 is 0. The van der Waals surface area contributed by atoms with Crippen molar-refractivity contribution >= 4 is 5.91 Å². The van der Waals surface area contributed by atoms with Gasteiger partial charge in [0.2, 0.25) is 0 Å². The first kappa shape index (κ1) is 9.21. The number of amides is 1. The second kappa shape index (κ2) is 3.79. The van der Waals surface area contributed by atoms with E-state index in [1.54, 1.807) is 0 Å². The van der Waals surface area contributed by atoms with Crippen LogP contribution in [0.3, 0.4) is 0 Å². The van der Waals surface area contributed by atoms with Crippen LogP contribution in [0.25, 0.3) is 0 Å². The number of aromatic amines is 1. The molecule has 0 bridgehead atoms. The Labute approximate surface area is 82.3 Å². The highest BCUT2D eigenvalue weighted by molar-refractivity contribution is 5.93. The molecule has 0 fully saturated rings. The molecule has 0 saturated carbocycles. The van der Waals surface area contributed by atoms with E-state index in [0.29, 0.717) is 12.2 Å². The number of nitrogens with one attached hydrogen (secondary N) is 3. The molecule has 5 nitrogen and oxygen atoms in total. The summed E-state index contributed by atoms with van der Waals surface area (Å²) in [6.07, 6.45) is 0.918. The number of fused-ring (bicyclic) bond motifs is 1. The lowest BCUT2D eigenvalue weighted by atomic mass is 10.1. The molecule has 0 atom stereocenters. The zero-order chi connectivity index (χ0) is 9.97. The third kappa shape index (κ3) is 1.50. The van der Waals surface area contributed by atoms with E-state index in [1.165, 1.54) is 0 Å². The third-order valence-corrected chi connectivity index (χ3v) is 2.36. The summed E-state index contributed by atoms with van der Waals surface area (Å²) in [6.45, 7) is 4.21. The fraction of sp³-hybridized carbons (Fsp3) is 0.556. The number of hydrogen-bond donors (Lipinski definition) is 3. The van der Waals surface area contributed by atoms with E-state index in [0.717, 1.165) is 30.8 Å². The van der Waals surface area contributed by atoms with Gasteiger partial charge in [-0.3, -0.25) is 9.89 Å². The summed E-state index contributed by atoms with van der Waals surface area (Å²) in [5.74, 6) is -0.0892. The fourth-order valence-electron chi connectivity index (χ4n) is 1.66. The van der Waals surface area contributed by atoms with E-state index >= 15 is 0 Å². The van der Waals surface area contributed by atoms with Gasteiger partial charge in [-0.2, -0.15) is 5.10 Å². The van der Waals surface area contributed by atoms with E-state index in [4.69, 9.17) is 0 Å². The zero-order valence-electron chi connectivity index (χ0n) is 8.18. The van der Waals surface area contributed by atoms with Crippen LogP contribution in [0.5, 0.6) is 0 Å². The molecular weight excluding hydrogens is 180 g/mol. The molecule has 0 aromatic carbocycles. The lowest BCUT2D eigenvalue weighted by Gasteiger charge is -2.12. The van der Waals surface area contributed by atoms with Crippen LogP contribution < -0.4 is 10.6 Å². The minimum Gasteiger partial charge on any atom is -0.351 e. The summed E-state index contributed by atoms with van der Waals surface area (Å²) in [7, 11) is 0. The molecule has 0 aliphatic carbocycles. The second-order valence-electron chi connectivity index (χ2n) is 3.32. The topological polar surface area (TPSA) is 69.8 Å². The number of hydrogen-bond acceptors (Lipinski definition) is 3. The lowest BCUT2D eigenvalue weighted by Crippen LogP contribution is -2.28. The Bertz CT molecular complexity index is 345. The molecule has 0 saturated heterocycles. The van der Waals surface area contributed by atoms with Crippen LogP contribution in [0.1, 0.15) is 28.7 Å². The molecule has 1 aromatic rings. The van der Waals surface area contributed by atoms with Crippen molar-refractivity contribution in [3.8, 4) is 0 Å². The minimum absolute atomic E-state index is 0.0892. The Balaban J connectivity index is 2.25. The normalized spacial score (nSPS) is 14.9. The van der Waals surface area contributed by atoms with Crippen molar-refractivity contribution in [2.45, 2.75) is 19.9 Å². The van der Waals surface area contributed by atoms with Crippen molar-refractivity contribution in [3.05, 3.63) is 17.0 Å². The molecule has 0 spiro atoms. The van der Waals surface area contributed by atoms with Crippen molar-refractivity contribution in [2.75, 3.05) is 13.1 Å². The van der Waals surface area contributed by atoms with Gasteiger partial charge < -0.3 is 10.6 Å². The fourth-order valence-corrected chi connectivity index (χ4v) is 1.66. The van der Waals surface area contributed by atoms with Crippen LogP contribution in [-0.2, 0) is 13.0 Å². The number of aromatic nitrogens is 2. The second-order valence-corrected chi connectivity index (χ2v) is 3.32. The number of nitrogens with zero attached hydrogens (tertiary/aromatic N) is 1. The molecule has 1 amide bonds. The molecule has 1 aliphatic heterocycles. The Morgan fingerprint density at radius 3 is 3.29 bits per heavy atom.